The van der Waals surface area contributed by atoms with E-state index in [1.807, 2.05) is 31.2 Å². The molecule has 0 aliphatic rings. The van der Waals surface area contributed by atoms with Crippen LogP contribution in [0.4, 0.5) is 0 Å². The minimum absolute atomic E-state index is 0.919. The molecule has 0 aliphatic carbocycles. The van der Waals surface area contributed by atoms with E-state index in [4.69, 9.17) is 0 Å². The summed E-state index contributed by atoms with van der Waals surface area (Å²) in [7, 11) is 0. The Labute approximate surface area is 82.0 Å². The zero-order valence-electron chi connectivity index (χ0n) is 8.42. The minimum Gasteiger partial charge on any atom is -0.106 e. The van der Waals surface area contributed by atoms with Gasteiger partial charge in [0, 0.05) is 0 Å². The van der Waals surface area contributed by atoms with Crippen LogP contribution < -0.4 is 0 Å². The van der Waals surface area contributed by atoms with E-state index >= 15 is 0 Å². The molecule has 0 unspecified atom stereocenters. The quantitative estimate of drug-likeness (QED) is 0.442. The van der Waals surface area contributed by atoms with E-state index in [-0.39, 0.29) is 0 Å². The molecule has 0 saturated carbocycles. The molecule has 13 heavy (non-hydrogen) atoms. The van der Waals surface area contributed by atoms with Gasteiger partial charge >= 0.3 is 0 Å². The van der Waals surface area contributed by atoms with Gasteiger partial charge in [-0.25, -0.2) is 0 Å². The molecule has 0 nitrogen and oxygen atoms in total. The van der Waals surface area contributed by atoms with Gasteiger partial charge in [0.05, 0.1) is 0 Å². The van der Waals surface area contributed by atoms with Gasteiger partial charge in [-0.2, -0.15) is 0 Å². The van der Waals surface area contributed by atoms with Gasteiger partial charge < -0.3 is 0 Å². The van der Waals surface area contributed by atoms with E-state index in [2.05, 4.69) is 32.9 Å². The Morgan fingerprint density at radius 1 is 1.00 bits per heavy atom. The summed E-state index contributed by atoms with van der Waals surface area (Å²) in [5.74, 6) is 0. The molecule has 0 radical (unpaired) electrons. The van der Waals surface area contributed by atoms with E-state index in [1.165, 1.54) is 0 Å². The van der Waals surface area contributed by atoms with Crippen LogP contribution in [0.2, 0.25) is 0 Å². The molecule has 0 amide bonds. The van der Waals surface area contributed by atoms with Gasteiger partial charge in [0.2, 0.25) is 0 Å². The highest BCUT2D eigenvalue weighted by molar-refractivity contribution is 5.42. The highest BCUT2D eigenvalue weighted by Crippen LogP contribution is 2.07. The molecule has 0 heterocycles. The van der Waals surface area contributed by atoms with Crippen molar-refractivity contribution < 1.29 is 0 Å². The Morgan fingerprint density at radius 2 is 1.46 bits per heavy atom. The van der Waals surface area contributed by atoms with Crippen molar-refractivity contribution in [1.82, 2.24) is 0 Å². The maximum absolute atomic E-state index is 3.83. The highest BCUT2D eigenvalue weighted by atomic mass is 13.9. The fourth-order valence-corrected chi connectivity index (χ4v) is 0.599. The van der Waals surface area contributed by atoms with Crippen LogP contribution in [0, 0.1) is 0 Å². The second-order valence-electron chi connectivity index (χ2n) is 2.15. The number of allylic oxidation sites excluding steroid dienone is 7. The van der Waals surface area contributed by atoms with Crippen LogP contribution in [0.15, 0.2) is 74.4 Å². The average molecular weight is 174 g/mol. The van der Waals surface area contributed by atoms with Crippen molar-refractivity contribution in [3.05, 3.63) is 74.4 Å². The maximum Gasteiger partial charge on any atom is -0.0262 e. The monoisotopic (exact) mass is 174 g/mol. The molecule has 0 spiro atoms. The Bertz CT molecular complexity index is 226. The molecule has 0 fully saturated rings. The molecule has 0 rings (SSSR count). The molecule has 0 aromatic carbocycles. The Hall–Kier alpha value is -1.56. The zero-order chi connectivity index (χ0) is 10.7. The SMILES string of the molecule is C=C.C=C/C=C\C(=C)C(=C)/C=C\C. The third kappa shape index (κ3) is 8.35. The Kier molecular flexibility index (Phi) is 11.2. The van der Waals surface area contributed by atoms with E-state index in [0.717, 1.165) is 11.1 Å². The zero-order valence-corrected chi connectivity index (χ0v) is 8.42. The fraction of sp³-hybridized carbons (Fsp3) is 0.0769. The number of rotatable bonds is 4. The lowest BCUT2D eigenvalue weighted by atomic mass is 10.1. The summed E-state index contributed by atoms with van der Waals surface area (Å²) in [6.07, 6.45) is 9.31. The molecular weight excluding hydrogens is 156 g/mol. The molecule has 0 aliphatic heterocycles. The minimum atomic E-state index is 0.919. The molecule has 0 atom stereocenters. The standard InChI is InChI=1S/C11H14.C2H4/c1-5-7-9-11(4)10(3)8-6-2;1-2/h5-9H,1,3-4H2,2H3;1-2H2/b8-6-,9-7-;. The summed E-state index contributed by atoms with van der Waals surface area (Å²) in [5, 5.41) is 0. The predicted molar refractivity (Wildman–Crippen MR) is 63.7 cm³/mol. The molecule has 70 valence electrons. The van der Waals surface area contributed by atoms with Crippen molar-refractivity contribution in [3.8, 4) is 0 Å². The first kappa shape index (κ1) is 14.0. The first-order valence-electron chi connectivity index (χ1n) is 4.02. The first-order valence-corrected chi connectivity index (χ1v) is 4.02. The Morgan fingerprint density at radius 3 is 1.85 bits per heavy atom. The van der Waals surface area contributed by atoms with E-state index in [9.17, 15) is 0 Å². The van der Waals surface area contributed by atoms with Crippen molar-refractivity contribution in [3.63, 3.8) is 0 Å². The van der Waals surface area contributed by atoms with Gasteiger partial charge in [-0.3, -0.25) is 0 Å². The van der Waals surface area contributed by atoms with Gasteiger partial charge in [0.25, 0.3) is 0 Å². The van der Waals surface area contributed by atoms with Crippen molar-refractivity contribution >= 4 is 0 Å². The summed E-state index contributed by atoms with van der Waals surface area (Å²) >= 11 is 0. The van der Waals surface area contributed by atoms with Crippen LogP contribution in [0.3, 0.4) is 0 Å². The molecule has 0 aromatic rings. The summed E-state index contributed by atoms with van der Waals surface area (Å²) in [4.78, 5) is 0. The lowest BCUT2D eigenvalue weighted by Gasteiger charge is -1.95. The molecule has 0 saturated heterocycles. The normalized spacial score (nSPS) is 9.31. The third-order valence-corrected chi connectivity index (χ3v) is 1.21. The van der Waals surface area contributed by atoms with Crippen LogP contribution in [0.5, 0.6) is 0 Å². The molecular formula is C13H18. The lowest BCUT2D eigenvalue weighted by molar-refractivity contribution is 1.57. The van der Waals surface area contributed by atoms with Crippen molar-refractivity contribution in [2.24, 2.45) is 0 Å². The largest absolute Gasteiger partial charge is 0.106 e. The molecule has 0 heteroatoms. The second kappa shape index (κ2) is 10.4. The summed E-state index contributed by atoms with van der Waals surface area (Å²) in [6.45, 7) is 19.2. The summed E-state index contributed by atoms with van der Waals surface area (Å²) in [5.41, 5.74) is 1.86. The topological polar surface area (TPSA) is 0 Å². The van der Waals surface area contributed by atoms with Crippen LogP contribution in [0.25, 0.3) is 0 Å². The van der Waals surface area contributed by atoms with Crippen LogP contribution in [-0.2, 0) is 0 Å². The second-order valence-corrected chi connectivity index (χ2v) is 2.15. The van der Waals surface area contributed by atoms with Gasteiger partial charge in [-0.15, -0.1) is 13.2 Å². The van der Waals surface area contributed by atoms with Crippen molar-refractivity contribution in [2.75, 3.05) is 0 Å². The number of hydrogen-bond donors (Lipinski definition) is 0. The van der Waals surface area contributed by atoms with Gasteiger partial charge in [0.1, 0.15) is 0 Å². The van der Waals surface area contributed by atoms with Crippen molar-refractivity contribution in [2.45, 2.75) is 6.92 Å². The average Bonchev–Trinajstić information content (AvgIpc) is 2.17. The van der Waals surface area contributed by atoms with Crippen LogP contribution >= 0.6 is 0 Å². The van der Waals surface area contributed by atoms with Crippen LogP contribution in [-0.4, -0.2) is 0 Å². The maximum atomic E-state index is 3.83. The van der Waals surface area contributed by atoms with E-state index in [0.29, 0.717) is 0 Å². The Balaban J connectivity index is 0. The molecule has 0 aromatic heterocycles. The van der Waals surface area contributed by atoms with Gasteiger partial charge in [-0.1, -0.05) is 50.1 Å². The van der Waals surface area contributed by atoms with Crippen molar-refractivity contribution in [1.29, 1.82) is 0 Å². The first-order chi connectivity index (χ1) is 6.22. The van der Waals surface area contributed by atoms with E-state index < -0.39 is 0 Å². The third-order valence-electron chi connectivity index (χ3n) is 1.21. The summed E-state index contributed by atoms with van der Waals surface area (Å²) < 4.78 is 0. The van der Waals surface area contributed by atoms with Gasteiger partial charge in [-0.05, 0) is 18.1 Å². The van der Waals surface area contributed by atoms with E-state index in [1.54, 1.807) is 6.08 Å². The number of hydrogen-bond acceptors (Lipinski definition) is 0. The molecule has 0 bridgehead atoms. The smallest absolute Gasteiger partial charge is 0.0262 e. The molecule has 0 N–H and O–H groups in total. The summed E-state index contributed by atoms with van der Waals surface area (Å²) in [6, 6.07) is 0. The van der Waals surface area contributed by atoms with Crippen LogP contribution in [0.1, 0.15) is 6.92 Å². The lowest BCUT2D eigenvalue weighted by Crippen LogP contribution is -1.76. The predicted octanol–water partition coefficient (Wildman–Crippen LogP) is 4.22. The van der Waals surface area contributed by atoms with Gasteiger partial charge in [0.15, 0.2) is 0 Å². The highest BCUT2D eigenvalue weighted by Gasteiger charge is 1.87. The fourth-order valence-electron chi connectivity index (χ4n) is 0.599.